The van der Waals surface area contributed by atoms with Gasteiger partial charge in [-0.15, -0.1) is 0 Å². The molecule has 1 atom stereocenters. The number of benzene rings is 1. The van der Waals surface area contributed by atoms with E-state index in [-0.39, 0.29) is 11.9 Å². The van der Waals surface area contributed by atoms with Crippen LogP contribution >= 0.6 is 11.6 Å². The van der Waals surface area contributed by atoms with Crippen molar-refractivity contribution in [3.05, 3.63) is 59.4 Å². The van der Waals surface area contributed by atoms with E-state index in [0.29, 0.717) is 10.6 Å². The number of hydrogen-bond acceptors (Lipinski definition) is 4. The van der Waals surface area contributed by atoms with Crippen LogP contribution in [0.3, 0.4) is 0 Å². The Bertz CT molecular complexity index is 909. The summed E-state index contributed by atoms with van der Waals surface area (Å²) >= 11 is 6.12. The molecule has 0 aliphatic carbocycles. The molecular weight excluding hydrogens is 338 g/mol. The van der Waals surface area contributed by atoms with Crippen LogP contribution in [0, 0.1) is 0 Å². The van der Waals surface area contributed by atoms with E-state index in [4.69, 9.17) is 11.6 Å². The molecule has 0 bridgehead atoms. The van der Waals surface area contributed by atoms with E-state index in [0.717, 1.165) is 37.4 Å². The maximum Gasteiger partial charge on any atom is 0.253 e. The summed E-state index contributed by atoms with van der Waals surface area (Å²) in [4.78, 5) is 19.0. The van der Waals surface area contributed by atoms with Crippen LogP contribution in [0.4, 0.5) is 5.82 Å². The van der Waals surface area contributed by atoms with E-state index in [1.807, 2.05) is 28.8 Å². The lowest BCUT2D eigenvalue weighted by atomic mass is 10.0. The molecule has 1 N–H and O–H groups in total. The Morgan fingerprint density at radius 2 is 2.08 bits per heavy atom. The second kappa shape index (κ2) is 6.72. The minimum absolute atomic E-state index is 0.0660. The number of piperidine rings is 1. The molecule has 0 saturated carbocycles. The summed E-state index contributed by atoms with van der Waals surface area (Å²) < 4.78 is 1.83. The Kier molecular flexibility index (Phi) is 4.28. The molecular formula is C18H18ClN5O. The fourth-order valence-electron chi connectivity index (χ4n) is 3.27. The Balaban J connectivity index is 1.51. The fraction of sp³-hybridized carbons (Fsp3) is 0.278. The van der Waals surface area contributed by atoms with Crippen molar-refractivity contribution in [2.45, 2.75) is 18.9 Å². The van der Waals surface area contributed by atoms with Gasteiger partial charge in [0.15, 0.2) is 5.65 Å². The second-order valence-corrected chi connectivity index (χ2v) is 6.55. The van der Waals surface area contributed by atoms with Crippen LogP contribution in [0.1, 0.15) is 23.2 Å². The molecule has 1 aliphatic heterocycles. The third-order valence-electron chi connectivity index (χ3n) is 4.47. The molecule has 3 heterocycles. The quantitative estimate of drug-likeness (QED) is 0.784. The van der Waals surface area contributed by atoms with Gasteiger partial charge >= 0.3 is 0 Å². The smallest absolute Gasteiger partial charge is 0.253 e. The summed E-state index contributed by atoms with van der Waals surface area (Å²) in [6.45, 7) is 1.66. The topological polar surface area (TPSA) is 62.5 Å². The van der Waals surface area contributed by atoms with Gasteiger partial charge in [0.25, 0.3) is 5.91 Å². The molecule has 7 heteroatoms. The van der Waals surface area contributed by atoms with Gasteiger partial charge in [-0.3, -0.25) is 4.79 Å². The van der Waals surface area contributed by atoms with E-state index < -0.39 is 0 Å². The van der Waals surface area contributed by atoms with Crippen molar-refractivity contribution in [2.24, 2.45) is 0 Å². The number of amides is 1. The minimum Gasteiger partial charge on any atom is -0.354 e. The lowest BCUT2D eigenvalue weighted by Gasteiger charge is -2.34. The molecule has 2 aromatic heterocycles. The van der Waals surface area contributed by atoms with Gasteiger partial charge in [0, 0.05) is 31.4 Å². The highest BCUT2D eigenvalue weighted by Crippen LogP contribution is 2.21. The summed E-state index contributed by atoms with van der Waals surface area (Å²) in [6, 6.07) is 11.0. The molecule has 1 aromatic carbocycles. The molecule has 1 amide bonds. The molecule has 1 unspecified atom stereocenters. The zero-order valence-corrected chi connectivity index (χ0v) is 14.4. The maximum atomic E-state index is 12.5. The van der Waals surface area contributed by atoms with Gasteiger partial charge in [0.05, 0.1) is 16.8 Å². The summed E-state index contributed by atoms with van der Waals surface area (Å²) in [5.74, 6) is 0.864. The van der Waals surface area contributed by atoms with Crippen molar-refractivity contribution >= 4 is 29.0 Å². The zero-order valence-electron chi connectivity index (χ0n) is 13.6. The Morgan fingerprint density at radius 3 is 2.96 bits per heavy atom. The highest BCUT2D eigenvalue weighted by Gasteiger charge is 2.24. The van der Waals surface area contributed by atoms with E-state index >= 15 is 0 Å². The molecule has 1 fully saturated rings. The summed E-state index contributed by atoms with van der Waals surface area (Å²) in [7, 11) is 0. The average molecular weight is 356 g/mol. The third-order valence-corrected chi connectivity index (χ3v) is 4.80. The summed E-state index contributed by atoms with van der Waals surface area (Å²) in [5, 5.41) is 7.93. The zero-order chi connectivity index (χ0) is 17.2. The number of halogens is 1. The normalized spacial score (nSPS) is 17.6. The molecule has 1 saturated heterocycles. The van der Waals surface area contributed by atoms with Crippen LogP contribution in [-0.2, 0) is 0 Å². The lowest BCUT2D eigenvalue weighted by Crippen LogP contribution is -2.48. The van der Waals surface area contributed by atoms with Crippen molar-refractivity contribution in [2.75, 3.05) is 18.0 Å². The monoisotopic (exact) mass is 355 g/mol. The van der Waals surface area contributed by atoms with Crippen molar-refractivity contribution < 1.29 is 4.79 Å². The fourth-order valence-corrected chi connectivity index (χ4v) is 3.49. The molecule has 0 radical (unpaired) electrons. The number of rotatable bonds is 3. The van der Waals surface area contributed by atoms with Gasteiger partial charge in [-0.2, -0.15) is 9.61 Å². The largest absolute Gasteiger partial charge is 0.354 e. The number of nitrogens with one attached hydrogen (secondary N) is 1. The minimum atomic E-state index is -0.128. The van der Waals surface area contributed by atoms with E-state index in [1.165, 1.54) is 0 Å². The molecule has 0 spiro atoms. The number of fused-ring (bicyclic) bond motifs is 1. The molecule has 4 rings (SSSR count). The molecule has 25 heavy (non-hydrogen) atoms. The molecule has 128 valence electrons. The van der Waals surface area contributed by atoms with Crippen LogP contribution in [0.2, 0.25) is 5.02 Å². The highest BCUT2D eigenvalue weighted by molar-refractivity contribution is 6.33. The van der Waals surface area contributed by atoms with Gasteiger partial charge in [-0.25, -0.2) is 4.98 Å². The van der Waals surface area contributed by atoms with Crippen LogP contribution in [0.25, 0.3) is 5.65 Å². The first-order valence-corrected chi connectivity index (χ1v) is 8.69. The van der Waals surface area contributed by atoms with E-state index in [1.54, 1.807) is 24.5 Å². The number of carbonyl (C=O) groups is 1. The third kappa shape index (κ3) is 3.17. The molecule has 3 aromatic rings. The molecule has 6 nitrogen and oxygen atoms in total. The molecule has 1 aliphatic rings. The van der Waals surface area contributed by atoms with Crippen LogP contribution in [0.15, 0.2) is 48.8 Å². The van der Waals surface area contributed by atoms with Gasteiger partial charge in [-0.1, -0.05) is 23.7 Å². The van der Waals surface area contributed by atoms with E-state index in [2.05, 4.69) is 20.3 Å². The number of carbonyl (C=O) groups excluding carboxylic acids is 1. The lowest BCUT2D eigenvalue weighted by molar-refractivity contribution is 0.0933. The van der Waals surface area contributed by atoms with Crippen molar-refractivity contribution in [1.82, 2.24) is 19.9 Å². The predicted octanol–water partition coefficient (Wildman–Crippen LogP) is 2.78. The average Bonchev–Trinajstić information content (AvgIpc) is 3.11. The highest BCUT2D eigenvalue weighted by atomic mass is 35.5. The van der Waals surface area contributed by atoms with Crippen LogP contribution < -0.4 is 10.2 Å². The summed E-state index contributed by atoms with van der Waals surface area (Å²) in [5.41, 5.74) is 1.33. The van der Waals surface area contributed by atoms with Crippen molar-refractivity contribution in [1.29, 1.82) is 0 Å². The van der Waals surface area contributed by atoms with Gasteiger partial charge in [0.2, 0.25) is 0 Å². The maximum absolute atomic E-state index is 12.5. The van der Waals surface area contributed by atoms with Crippen molar-refractivity contribution in [3.8, 4) is 0 Å². The first-order valence-electron chi connectivity index (χ1n) is 8.31. The first kappa shape index (κ1) is 15.9. The Hall–Kier alpha value is -2.60. The SMILES string of the molecule is O=C(NC1CCCN(c2ccnc3ccnn23)C1)c1ccccc1Cl. The van der Waals surface area contributed by atoms with Crippen LogP contribution in [0.5, 0.6) is 0 Å². The number of aromatic nitrogens is 3. The Labute approximate surface area is 150 Å². The van der Waals surface area contributed by atoms with Gasteiger partial charge < -0.3 is 10.2 Å². The van der Waals surface area contributed by atoms with E-state index in [9.17, 15) is 4.79 Å². The van der Waals surface area contributed by atoms with Crippen molar-refractivity contribution in [3.63, 3.8) is 0 Å². The number of hydrogen-bond donors (Lipinski definition) is 1. The summed E-state index contributed by atoms with van der Waals surface area (Å²) in [6.07, 6.45) is 5.48. The second-order valence-electron chi connectivity index (χ2n) is 6.14. The standard InChI is InChI=1S/C18H18ClN5O/c19-15-6-2-1-5-14(15)18(25)22-13-4-3-11-23(12-13)17-8-9-20-16-7-10-21-24(16)17/h1-2,5-10,13H,3-4,11-12H2,(H,22,25). The van der Waals surface area contributed by atoms with Gasteiger partial charge in [-0.05, 0) is 31.0 Å². The number of nitrogens with zero attached hydrogens (tertiary/aromatic N) is 4. The predicted molar refractivity (Wildman–Crippen MR) is 97.1 cm³/mol. The number of anilines is 1. The van der Waals surface area contributed by atoms with Gasteiger partial charge in [0.1, 0.15) is 5.82 Å². The first-order chi connectivity index (χ1) is 12.2. The van der Waals surface area contributed by atoms with Crippen LogP contribution in [-0.4, -0.2) is 39.6 Å². The Morgan fingerprint density at radius 1 is 1.20 bits per heavy atom.